The van der Waals surface area contributed by atoms with Crippen molar-refractivity contribution in [3.8, 4) is 11.3 Å². The quantitative estimate of drug-likeness (QED) is 0.309. The molecule has 0 bridgehead atoms. The molecule has 2 saturated carbocycles. The number of aliphatic hydroxyl groups is 1. The normalized spacial score (nSPS) is 20.4. The van der Waals surface area contributed by atoms with Crippen LogP contribution in [0.5, 0.6) is 0 Å². The van der Waals surface area contributed by atoms with E-state index in [9.17, 15) is 9.50 Å². The lowest BCUT2D eigenvalue weighted by Crippen LogP contribution is -2.29. The molecule has 37 heavy (non-hydrogen) atoms. The summed E-state index contributed by atoms with van der Waals surface area (Å²) < 4.78 is 15.8. The Morgan fingerprint density at radius 3 is 2.57 bits per heavy atom. The lowest BCUT2D eigenvalue weighted by molar-refractivity contribution is 0.126. The molecular weight excluding hydrogens is 469 g/mol. The van der Waals surface area contributed by atoms with Gasteiger partial charge in [-0.1, -0.05) is 31.0 Å². The fourth-order valence-electron chi connectivity index (χ4n) is 5.49. The number of aliphatic hydroxyl groups excluding tert-OH is 1. The molecule has 1 aromatic carbocycles. The van der Waals surface area contributed by atoms with Crippen molar-refractivity contribution in [2.24, 2.45) is 0 Å². The number of halogens is 1. The third-order valence-electron chi connectivity index (χ3n) is 7.57. The molecule has 0 amide bonds. The fraction of sp³-hybridized carbons (Fsp3) is 0.429. The molecule has 192 valence electrons. The molecule has 2 fully saturated rings. The van der Waals surface area contributed by atoms with Gasteiger partial charge < -0.3 is 20.3 Å². The molecule has 2 aliphatic carbocycles. The van der Waals surface area contributed by atoms with Gasteiger partial charge in [0.15, 0.2) is 17.0 Å². The van der Waals surface area contributed by atoms with E-state index in [1.54, 1.807) is 12.3 Å². The molecule has 8 nitrogen and oxygen atoms in total. The number of pyridine rings is 1. The van der Waals surface area contributed by atoms with Crippen LogP contribution in [0.25, 0.3) is 22.4 Å². The Kier molecular flexibility index (Phi) is 6.70. The number of nitrogens with one attached hydrogen (secondary N) is 2. The van der Waals surface area contributed by atoms with Gasteiger partial charge in [-0.15, -0.1) is 0 Å². The van der Waals surface area contributed by atoms with Gasteiger partial charge in [-0.3, -0.25) is 4.98 Å². The molecule has 0 saturated heterocycles. The molecule has 3 heterocycles. The number of fused-ring (bicyclic) bond motifs is 1. The Balaban J connectivity index is 1.24. The SMILES string of the molecule is OC1CCC(Nc2nc(NCc3ccc(-c4cccc(F)c4)nc3)c3ncn(C4CCCC4)c3n2)CC1. The first-order valence-electron chi connectivity index (χ1n) is 13.3. The van der Waals surface area contributed by atoms with Gasteiger partial charge >= 0.3 is 0 Å². The molecule has 9 heteroatoms. The highest BCUT2D eigenvalue weighted by molar-refractivity contribution is 5.84. The van der Waals surface area contributed by atoms with Gasteiger partial charge in [0, 0.05) is 30.4 Å². The highest BCUT2D eigenvalue weighted by Gasteiger charge is 2.24. The summed E-state index contributed by atoms with van der Waals surface area (Å²) in [6.07, 6.45) is 11.6. The number of benzene rings is 1. The highest BCUT2D eigenvalue weighted by atomic mass is 19.1. The van der Waals surface area contributed by atoms with Gasteiger partial charge in [0.1, 0.15) is 5.82 Å². The van der Waals surface area contributed by atoms with Crippen LogP contribution in [0.4, 0.5) is 16.2 Å². The van der Waals surface area contributed by atoms with Crippen LogP contribution in [0.1, 0.15) is 63.0 Å². The average Bonchev–Trinajstić information content (AvgIpc) is 3.59. The number of nitrogens with zero attached hydrogens (tertiary/aromatic N) is 5. The van der Waals surface area contributed by atoms with Crippen molar-refractivity contribution in [1.29, 1.82) is 0 Å². The van der Waals surface area contributed by atoms with Crippen LogP contribution in [-0.2, 0) is 6.54 Å². The van der Waals surface area contributed by atoms with Crippen molar-refractivity contribution in [3.63, 3.8) is 0 Å². The number of hydrogen-bond acceptors (Lipinski definition) is 7. The molecular formula is C28H32FN7O. The van der Waals surface area contributed by atoms with E-state index in [1.165, 1.54) is 25.0 Å². The zero-order valence-electron chi connectivity index (χ0n) is 20.8. The van der Waals surface area contributed by atoms with Gasteiger partial charge in [0.2, 0.25) is 5.95 Å². The van der Waals surface area contributed by atoms with Gasteiger partial charge in [-0.2, -0.15) is 9.97 Å². The molecule has 0 aliphatic heterocycles. The molecule has 6 rings (SSSR count). The van der Waals surface area contributed by atoms with Crippen LogP contribution in [0, 0.1) is 5.82 Å². The Hall–Kier alpha value is -3.59. The summed E-state index contributed by atoms with van der Waals surface area (Å²) >= 11 is 0. The smallest absolute Gasteiger partial charge is 0.227 e. The maximum absolute atomic E-state index is 13.6. The predicted octanol–water partition coefficient (Wildman–Crippen LogP) is 5.47. The first-order chi connectivity index (χ1) is 18.1. The van der Waals surface area contributed by atoms with Gasteiger partial charge in [-0.05, 0) is 62.3 Å². The zero-order chi connectivity index (χ0) is 25.2. The molecule has 0 atom stereocenters. The van der Waals surface area contributed by atoms with Gasteiger partial charge in [0.25, 0.3) is 0 Å². The minimum absolute atomic E-state index is 0.205. The third kappa shape index (κ3) is 5.27. The maximum Gasteiger partial charge on any atom is 0.227 e. The number of rotatable bonds is 7. The maximum atomic E-state index is 13.6. The second-order valence-electron chi connectivity index (χ2n) is 10.2. The number of aromatic nitrogens is 5. The van der Waals surface area contributed by atoms with E-state index in [0.717, 1.165) is 66.5 Å². The van der Waals surface area contributed by atoms with Crippen LogP contribution < -0.4 is 10.6 Å². The van der Waals surface area contributed by atoms with Gasteiger partial charge in [-0.25, -0.2) is 9.37 Å². The number of imidazole rings is 1. The van der Waals surface area contributed by atoms with Crippen LogP contribution in [0.15, 0.2) is 48.9 Å². The number of anilines is 2. The molecule has 0 radical (unpaired) electrons. The second-order valence-corrected chi connectivity index (χ2v) is 10.2. The Labute approximate surface area is 215 Å². The van der Waals surface area contributed by atoms with E-state index in [1.807, 2.05) is 24.5 Å². The van der Waals surface area contributed by atoms with E-state index in [0.29, 0.717) is 24.4 Å². The van der Waals surface area contributed by atoms with Crippen molar-refractivity contribution >= 4 is 22.9 Å². The minimum atomic E-state index is -0.274. The summed E-state index contributed by atoms with van der Waals surface area (Å²) in [5.41, 5.74) is 4.08. The Bertz CT molecular complexity index is 1360. The van der Waals surface area contributed by atoms with Crippen LogP contribution >= 0.6 is 0 Å². The molecule has 2 aliphatic rings. The summed E-state index contributed by atoms with van der Waals surface area (Å²) in [6.45, 7) is 0.522. The predicted molar refractivity (Wildman–Crippen MR) is 142 cm³/mol. The molecule has 0 unspecified atom stereocenters. The van der Waals surface area contributed by atoms with E-state index >= 15 is 0 Å². The highest BCUT2D eigenvalue weighted by Crippen LogP contribution is 2.33. The zero-order valence-corrected chi connectivity index (χ0v) is 20.8. The fourth-order valence-corrected chi connectivity index (χ4v) is 5.49. The first-order valence-corrected chi connectivity index (χ1v) is 13.3. The van der Waals surface area contributed by atoms with E-state index in [-0.39, 0.29) is 18.0 Å². The van der Waals surface area contributed by atoms with E-state index in [4.69, 9.17) is 15.0 Å². The second kappa shape index (κ2) is 10.4. The van der Waals surface area contributed by atoms with E-state index in [2.05, 4.69) is 20.2 Å². The Morgan fingerprint density at radius 1 is 0.973 bits per heavy atom. The summed E-state index contributed by atoms with van der Waals surface area (Å²) in [5, 5.41) is 16.8. The summed E-state index contributed by atoms with van der Waals surface area (Å²) in [4.78, 5) is 18.9. The van der Waals surface area contributed by atoms with Crippen LogP contribution in [-0.4, -0.2) is 41.8 Å². The Morgan fingerprint density at radius 2 is 1.81 bits per heavy atom. The van der Waals surface area contributed by atoms with E-state index < -0.39 is 0 Å². The lowest BCUT2D eigenvalue weighted by Gasteiger charge is -2.26. The molecule has 3 N–H and O–H groups in total. The summed E-state index contributed by atoms with van der Waals surface area (Å²) in [6, 6.07) is 11.0. The third-order valence-corrected chi connectivity index (χ3v) is 7.57. The van der Waals surface area contributed by atoms with Crippen molar-refractivity contribution < 1.29 is 9.50 Å². The van der Waals surface area contributed by atoms with Crippen LogP contribution in [0.2, 0.25) is 0 Å². The van der Waals surface area contributed by atoms with Crippen molar-refractivity contribution in [3.05, 3.63) is 60.3 Å². The van der Waals surface area contributed by atoms with Crippen molar-refractivity contribution in [2.45, 2.75) is 76.1 Å². The standard InChI is InChI=1S/C28H32FN7O/c29-20-5-3-4-19(14-20)24-13-8-18(15-30-24)16-31-26-25-27(36(17-32-25)22-6-1-2-7-22)35-28(34-26)33-21-9-11-23(37)12-10-21/h3-5,8,13-15,17,21-23,37H,1-2,6-7,9-12,16H2,(H2,31,33,34,35). The first kappa shape index (κ1) is 23.8. The van der Waals surface area contributed by atoms with Crippen molar-refractivity contribution in [1.82, 2.24) is 24.5 Å². The van der Waals surface area contributed by atoms with Gasteiger partial charge in [0.05, 0.1) is 18.1 Å². The molecule has 4 aromatic rings. The molecule has 3 aromatic heterocycles. The topological polar surface area (TPSA) is 101 Å². The molecule has 0 spiro atoms. The monoisotopic (exact) mass is 501 g/mol. The largest absolute Gasteiger partial charge is 0.393 e. The lowest BCUT2D eigenvalue weighted by atomic mass is 9.93. The summed E-state index contributed by atoms with van der Waals surface area (Å²) in [7, 11) is 0. The van der Waals surface area contributed by atoms with Crippen molar-refractivity contribution in [2.75, 3.05) is 10.6 Å². The average molecular weight is 502 g/mol. The summed E-state index contributed by atoms with van der Waals surface area (Å²) in [5.74, 6) is 1.01. The minimum Gasteiger partial charge on any atom is -0.393 e. The van der Waals surface area contributed by atoms with Crippen LogP contribution in [0.3, 0.4) is 0 Å². The number of hydrogen-bond donors (Lipinski definition) is 3.